The van der Waals surface area contributed by atoms with Gasteiger partial charge in [-0.1, -0.05) is 40.9 Å². The third-order valence-corrected chi connectivity index (χ3v) is 8.50. The van der Waals surface area contributed by atoms with E-state index in [1.807, 2.05) is 17.0 Å². The maximum atomic E-state index is 13.7. The van der Waals surface area contributed by atoms with Gasteiger partial charge >= 0.3 is 6.09 Å². The van der Waals surface area contributed by atoms with Crippen LogP contribution in [0.1, 0.15) is 24.3 Å². The number of aromatic nitrogens is 2. The van der Waals surface area contributed by atoms with Gasteiger partial charge in [0.15, 0.2) is 11.0 Å². The number of hydrogen-bond acceptors (Lipinski definition) is 6. The van der Waals surface area contributed by atoms with Crippen molar-refractivity contribution in [3.8, 4) is 5.75 Å². The molecular formula is C28H27Cl3FN5O3. The van der Waals surface area contributed by atoms with E-state index in [1.54, 1.807) is 25.2 Å². The Labute approximate surface area is 246 Å². The van der Waals surface area contributed by atoms with Gasteiger partial charge in [0.05, 0.1) is 16.1 Å². The van der Waals surface area contributed by atoms with Crippen molar-refractivity contribution in [2.45, 2.75) is 24.8 Å². The van der Waals surface area contributed by atoms with E-state index in [-0.39, 0.29) is 29.5 Å². The van der Waals surface area contributed by atoms with Gasteiger partial charge in [-0.2, -0.15) is 0 Å². The first-order valence-electron chi connectivity index (χ1n) is 12.9. The highest BCUT2D eigenvalue weighted by molar-refractivity contribution is 6.42. The van der Waals surface area contributed by atoms with E-state index in [0.717, 1.165) is 11.4 Å². The maximum Gasteiger partial charge on any atom is 0.415 e. The molecule has 2 atom stereocenters. The molecular weight excluding hydrogens is 580 g/mol. The number of halogens is 4. The van der Waals surface area contributed by atoms with Crippen molar-refractivity contribution in [1.29, 1.82) is 0 Å². The van der Waals surface area contributed by atoms with Gasteiger partial charge in [-0.25, -0.2) is 9.18 Å². The normalized spacial score (nSPS) is 19.5. The van der Waals surface area contributed by atoms with Crippen LogP contribution in [0.15, 0.2) is 54.6 Å². The maximum absolute atomic E-state index is 13.7. The lowest BCUT2D eigenvalue weighted by molar-refractivity contribution is -0.135. The summed E-state index contributed by atoms with van der Waals surface area (Å²) in [6, 6.07) is 13.7. The van der Waals surface area contributed by atoms with Crippen molar-refractivity contribution in [2.24, 2.45) is 5.92 Å². The van der Waals surface area contributed by atoms with Crippen molar-refractivity contribution in [3.63, 3.8) is 0 Å². The van der Waals surface area contributed by atoms with Gasteiger partial charge in [0, 0.05) is 45.1 Å². The van der Waals surface area contributed by atoms with Gasteiger partial charge in [-0.15, -0.1) is 10.2 Å². The van der Waals surface area contributed by atoms with E-state index >= 15 is 0 Å². The molecule has 0 unspecified atom stereocenters. The fraction of sp³-hybridized carbons (Fsp3) is 0.357. The molecule has 5 rings (SSSR count). The molecule has 2 aliphatic rings. The minimum atomic E-state index is -0.603. The summed E-state index contributed by atoms with van der Waals surface area (Å²) in [5.74, 6) is 0.222. The molecule has 3 aromatic rings. The number of rotatable bonds is 5. The number of likely N-dealkylation sites (tertiary alicyclic amines) is 1. The molecule has 2 aromatic carbocycles. The Balaban J connectivity index is 1.30. The highest BCUT2D eigenvalue weighted by Gasteiger charge is 2.42. The minimum Gasteiger partial charge on any atom is -0.410 e. The zero-order valence-corrected chi connectivity index (χ0v) is 23.9. The lowest BCUT2D eigenvalue weighted by Gasteiger charge is -2.33. The highest BCUT2D eigenvalue weighted by atomic mass is 35.5. The highest BCUT2D eigenvalue weighted by Crippen LogP contribution is 2.36. The van der Waals surface area contributed by atoms with Crippen LogP contribution in [0.4, 0.5) is 15.0 Å². The zero-order chi connectivity index (χ0) is 28.4. The predicted octanol–water partition coefficient (Wildman–Crippen LogP) is 5.92. The standard InChI is InChI=1S/C28H27Cl3FN5O3/c1-35(28(39)40-20-5-3-19(32)4-6-20)24-16-37(15-21(24)18-2-7-22(29)23(30)14-18)27(38)17-10-12-36(13-11-17)26-9-8-25(31)33-34-26/h2-9,14,17,21,24H,10-13,15-16H2,1H3/t21-,24+/m1/s1. The molecule has 0 aliphatic carbocycles. The topological polar surface area (TPSA) is 78.9 Å². The van der Waals surface area contributed by atoms with E-state index in [0.29, 0.717) is 54.2 Å². The number of benzene rings is 2. The van der Waals surface area contributed by atoms with Gasteiger partial charge in [0.25, 0.3) is 0 Å². The van der Waals surface area contributed by atoms with E-state index in [4.69, 9.17) is 39.5 Å². The van der Waals surface area contributed by atoms with Crippen molar-refractivity contribution in [2.75, 3.05) is 38.1 Å². The van der Waals surface area contributed by atoms with Crippen LogP contribution in [-0.4, -0.2) is 71.3 Å². The summed E-state index contributed by atoms with van der Waals surface area (Å²) in [5.41, 5.74) is 0.868. The van der Waals surface area contributed by atoms with E-state index in [9.17, 15) is 14.0 Å². The molecule has 2 amide bonds. The third kappa shape index (κ3) is 6.27. The van der Waals surface area contributed by atoms with Crippen molar-refractivity contribution < 1.29 is 18.7 Å². The molecule has 0 saturated carbocycles. The van der Waals surface area contributed by atoms with Crippen LogP contribution < -0.4 is 9.64 Å². The Morgan fingerprint density at radius 3 is 2.33 bits per heavy atom. The molecule has 0 N–H and O–H groups in total. The van der Waals surface area contributed by atoms with Gasteiger partial charge in [-0.3, -0.25) is 4.79 Å². The Bertz CT molecular complexity index is 1370. The number of nitrogens with zero attached hydrogens (tertiary/aromatic N) is 5. The molecule has 210 valence electrons. The number of amides is 2. The number of anilines is 1. The number of carbonyl (C=O) groups excluding carboxylic acids is 2. The number of ether oxygens (including phenoxy) is 1. The van der Waals surface area contributed by atoms with E-state index in [2.05, 4.69) is 15.1 Å². The van der Waals surface area contributed by atoms with Gasteiger partial charge in [-0.05, 0) is 66.9 Å². The predicted molar refractivity (Wildman–Crippen MR) is 152 cm³/mol. The fourth-order valence-corrected chi connectivity index (χ4v) is 5.74. The van der Waals surface area contributed by atoms with Crippen LogP contribution in [0.25, 0.3) is 0 Å². The number of carbonyl (C=O) groups is 2. The summed E-state index contributed by atoms with van der Waals surface area (Å²) in [5, 5.41) is 9.22. The summed E-state index contributed by atoms with van der Waals surface area (Å²) in [6.07, 6.45) is 0.738. The quantitative estimate of drug-likeness (QED) is 0.359. The molecule has 12 heteroatoms. The summed E-state index contributed by atoms with van der Waals surface area (Å²) in [7, 11) is 1.64. The van der Waals surface area contributed by atoms with Crippen molar-refractivity contribution in [3.05, 3.63) is 81.2 Å². The Morgan fingerprint density at radius 1 is 0.950 bits per heavy atom. The smallest absolute Gasteiger partial charge is 0.410 e. The number of hydrogen-bond donors (Lipinski definition) is 0. The third-order valence-electron chi connectivity index (χ3n) is 7.56. The first-order valence-corrected chi connectivity index (χ1v) is 14.0. The molecule has 0 radical (unpaired) electrons. The number of likely N-dealkylation sites (N-methyl/N-ethyl adjacent to an activating group) is 1. The molecule has 0 spiro atoms. The molecule has 2 fully saturated rings. The average Bonchev–Trinajstić information content (AvgIpc) is 3.41. The minimum absolute atomic E-state index is 0.0507. The summed E-state index contributed by atoms with van der Waals surface area (Å²) in [4.78, 5) is 32.2. The lowest BCUT2D eigenvalue weighted by atomic mass is 9.93. The van der Waals surface area contributed by atoms with Crippen molar-refractivity contribution in [1.82, 2.24) is 20.0 Å². The van der Waals surface area contributed by atoms with Gasteiger partial charge < -0.3 is 19.4 Å². The second-order valence-corrected chi connectivity index (χ2v) is 11.2. The second kappa shape index (κ2) is 12.2. The summed E-state index contributed by atoms with van der Waals surface area (Å²) >= 11 is 18.3. The lowest BCUT2D eigenvalue weighted by Crippen LogP contribution is -2.45. The van der Waals surface area contributed by atoms with E-state index < -0.39 is 11.9 Å². The average molecular weight is 607 g/mol. The van der Waals surface area contributed by atoms with Crippen LogP contribution in [0, 0.1) is 11.7 Å². The molecule has 8 nitrogen and oxygen atoms in total. The molecule has 2 aliphatic heterocycles. The molecule has 0 bridgehead atoms. The fourth-order valence-electron chi connectivity index (χ4n) is 5.33. The van der Waals surface area contributed by atoms with Crippen LogP contribution in [-0.2, 0) is 4.79 Å². The molecule has 1 aromatic heterocycles. The molecule has 2 saturated heterocycles. The van der Waals surface area contributed by atoms with Gasteiger partial charge in [0.1, 0.15) is 11.6 Å². The van der Waals surface area contributed by atoms with Crippen LogP contribution in [0.5, 0.6) is 5.75 Å². The monoisotopic (exact) mass is 605 g/mol. The SMILES string of the molecule is CN(C(=O)Oc1ccc(F)cc1)[C@H]1CN(C(=O)C2CCN(c3ccc(Cl)nn3)CC2)C[C@@H]1c1ccc(Cl)c(Cl)c1. The van der Waals surface area contributed by atoms with Crippen molar-refractivity contribution >= 4 is 52.6 Å². The van der Waals surface area contributed by atoms with Crippen LogP contribution in [0.2, 0.25) is 15.2 Å². The first-order chi connectivity index (χ1) is 19.2. The first kappa shape index (κ1) is 28.4. The second-order valence-electron chi connectivity index (χ2n) is 10.00. The molecule has 40 heavy (non-hydrogen) atoms. The number of piperidine rings is 1. The van der Waals surface area contributed by atoms with Crippen LogP contribution in [0.3, 0.4) is 0 Å². The summed E-state index contributed by atoms with van der Waals surface area (Å²) in [6.45, 7) is 2.09. The van der Waals surface area contributed by atoms with Gasteiger partial charge in [0.2, 0.25) is 5.91 Å². The Hall–Kier alpha value is -3.14. The Morgan fingerprint density at radius 2 is 1.68 bits per heavy atom. The molecule has 3 heterocycles. The Kier molecular flexibility index (Phi) is 8.63. The largest absolute Gasteiger partial charge is 0.415 e. The van der Waals surface area contributed by atoms with Crippen LogP contribution >= 0.6 is 34.8 Å². The zero-order valence-electron chi connectivity index (χ0n) is 21.6. The summed E-state index contributed by atoms with van der Waals surface area (Å²) < 4.78 is 18.8. The van der Waals surface area contributed by atoms with E-state index in [1.165, 1.54) is 29.2 Å².